The maximum atomic E-state index is 12.4. The Bertz CT molecular complexity index is 1000. The summed E-state index contributed by atoms with van der Waals surface area (Å²) in [4.78, 5) is 14.3. The van der Waals surface area contributed by atoms with Crippen molar-refractivity contribution in [1.29, 1.82) is 0 Å². The Morgan fingerprint density at radius 3 is 2.27 bits per heavy atom. The van der Waals surface area contributed by atoms with Crippen molar-refractivity contribution in [2.75, 3.05) is 13.1 Å². The van der Waals surface area contributed by atoms with Crippen LogP contribution in [0, 0.1) is 11.8 Å². The Labute approximate surface area is 177 Å². The summed E-state index contributed by atoms with van der Waals surface area (Å²) in [6.07, 6.45) is 0.666. The number of aromatic nitrogens is 2. The zero-order valence-corrected chi connectivity index (χ0v) is 17.3. The van der Waals surface area contributed by atoms with E-state index in [1.807, 2.05) is 41.3 Å². The molecule has 1 aromatic heterocycles. The normalized spacial score (nSPS) is 22.0. The molecule has 30 heavy (non-hydrogen) atoms. The average Bonchev–Trinajstić information content (AvgIpc) is 3.11. The van der Waals surface area contributed by atoms with Crippen molar-refractivity contribution in [3.63, 3.8) is 0 Å². The van der Waals surface area contributed by atoms with Gasteiger partial charge in [-0.3, -0.25) is 4.68 Å². The lowest BCUT2D eigenvalue weighted by Gasteiger charge is -2.19. The van der Waals surface area contributed by atoms with Crippen LogP contribution >= 0.6 is 0 Å². The highest BCUT2D eigenvalue weighted by molar-refractivity contribution is 5.68. The van der Waals surface area contributed by atoms with Crippen molar-refractivity contribution >= 4 is 6.09 Å². The molecule has 2 aliphatic rings. The summed E-state index contributed by atoms with van der Waals surface area (Å²) < 4.78 is 7.66. The summed E-state index contributed by atoms with van der Waals surface area (Å²) in [6.45, 7) is 4.93. The second-order valence-electron chi connectivity index (χ2n) is 8.34. The molecule has 5 nitrogen and oxygen atoms in total. The fraction of sp³-hybridized carbons (Fsp3) is 0.360. The van der Waals surface area contributed by atoms with E-state index in [1.165, 1.54) is 11.3 Å². The van der Waals surface area contributed by atoms with Gasteiger partial charge < -0.3 is 9.64 Å². The van der Waals surface area contributed by atoms with Crippen LogP contribution < -0.4 is 0 Å². The van der Waals surface area contributed by atoms with Gasteiger partial charge in [0.1, 0.15) is 6.61 Å². The van der Waals surface area contributed by atoms with Crippen molar-refractivity contribution in [2.24, 2.45) is 11.8 Å². The first kappa shape index (κ1) is 18.9. The number of hydrogen-bond donors (Lipinski definition) is 0. The van der Waals surface area contributed by atoms with E-state index in [9.17, 15) is 4.79 Å². The van der Waals surface area contributed by atoms with Gasteiger partial charge in [-0.1, -0.05) is 60.7 Å². The van der Waals surface area contributed by atoms with E-state index in [0.717, 1.165) is 37.3 Å². The van der Waals surface area contributed by atoms with Gasteiger partial charge >= 0.3 is 6.09 Å². The van der Waals surface area contributed by atoms with Crippen LogP contribution in [0.2, 0.25) is 0 Å². The number of hydrogen-bond acceptors (Lipinski definition) is 3. The molecule has 1 amide bonds. The predicted molar refractivity (Wildman–Crippen MR) is 115 cm³/mol. The molecule has 0 bridgehead atoms. The lowest BCUT2D eigenvalue weighted by Crippen LogP contribution is -2.32. The van der Waals surface area contributed by atoms with E-state index in [4.69, 9.17) is 9.84 Å². The van der Waals surface area contributed by atoms with E-state index in [-0.39, 0.29) is 6.09 Å². The molecular weight excluding hydrogens is 374 g/mol. The minimum absolute atomic E-state index is 0.196. The third kappa shape index (κ3) is 3.72. The molecular formula is C25H27N3O2. The highest BCUT2D eigenvalue weighted by Crippen LogP contribution is 2.58. The number of rotatable bonds is 6. The Morgan fingerprint density at radius 1 is 1.00 bits per heavy atom. The summed E-state index contributed by atoms with van der Waals surface area (Å²) in [5.41, 5.74) is 4.76. The molecule has 1 aliphatic carbocycles. The molecule has 1 saturated carbocycles. The Balaban J connectivity index is 1.19. The second-order valence-corrected chi connectivity index (χ2v) is 8.34. The molecule has 0 radical (unpaired) electrons. The molecule has 2 fully saturated rings. The molecule has 5 heteroatoms. The van der Waals surface area contributed by atoms with Gasteiger partial charge in [-0.15, -0.1) is 0 Å². The number of aryl methyl sites for hydroxylation is 1. The lowest BCUT2D eigenvalue weighted by molar-refractivity contribution is 0.0997. The largest absolute Gasteiger partial charge is 0.445 e. The maximum absolute atomic E-state index is 12.4. The summed E-state index contributed by atoms with van der Waals surface area (Å²) >= 11 is 0. The molecule has 3 aromatic rings. The summed E-state index contributed by atoms with van der Waals surface area (Å²) in [6, 6.07) is 22.6. The van der Waals surface area contributed by atoms with Crippen molar-refractivity contribution in [3.8, 4) is 0 Å². The van der Waals surface area contributed by atoms with Crippen molar-refractivity contribution in [1.82, 2.24) is 14.7 Å². The van der Waals surface area contributed by atoms with E-state index in [1.54, 1.807) is 0 Å². The van der Waals surface area contributed by atoms with Gasteiger partial charge in [0.2, 0.25) is 0 Å². The Kier molecular flexibility index (Phi) is 5.03. The maximum Gasteiger partial charge on any atom is 0.410 e. The zero-order valence-electron chi connectivity index (χ0n) is 17.3. The van der Waals surface area contributed by atoms with Crippen LogP contribution in [0.15, 0.2) is 66.7 Å². The molecule has 5 rings (SSSR count). The number of likely N-dealkylation sites (tertiary alicyclic amines) is 1. The first-order valence-corrected chi connectivity index (χ1v) is 10.8. The third-order valence-corrected chi connectivity index (χ3v) is 6.39. The van der Waals surface area contributed by atoms with E-state index < -0.39 is 0 Å². The van der Waals surface area contributed by atoms with Crippen LogP contribution in [0.5, 0.6) is 0 Å². The molecule has 0 N–H and O–H groups in total. The van der Waals surface area contributed by atoms with Crippen LogP contribution in [0.25, 0.3) is 0 Å². The van der Waals surface area contributed by atoms with Crippen molar-refractivity contribution in [2.45, 2.75) is 32.4 Å². The SMILES string of the molecule is CCn1nc(Cc2ccccc2)cc1C1[C@H]2CN(C(=O)OCc3ccccc3)C[C@@H]12. The van der Waals surface area contributed by atoms with Crippen LogP contribution in [0.3, 0.4) is 0 Å². The summed E-state index contributed by atoms with van der Waals surface area (Å²) in [5.74, 6) is 1.57. The molecule has 3 atom stereocenters. The number of piperidine rings is 1. The molecule has 2 heterocycles. The monoisotopic (exact) mass is 401 g/mol. The number of benzene rings is 2. The smallest absolute Gasteiger partial charge is 0.410 e. The fourth-order valence-electron chi connectivity index (χ4n) is 4.82. The molecule has 1 saturated heterocycles. The average molecular weight is 402 g/mol. The van der Waals surface area contributed by atoms with Gasteiger partial charge in [-0.05, 0) is 36.0 Å². The Hall–Kier alpha value is -3.08. The number of amides is 1. The Morgan fingerprint density at radius 2 is 1.63 bits per heavy atom. The van der Waals surface area contributed by atoms with Crippen LogP contribution in [-0.4, -0.2) is 33.9 Å². The van der Waals surface area contributed by atoms with Crippen LogP contribution in [0.1, 0.15) is 35.4 Å². The number of ether oxygens (including phenoxy) is 1. The topological polar surface area (TPSA) is 47.4 Å². The van der Waals surface area contributed by atoms with Gasteiger partial charge in [0.05, 0.1) is 5.69 Å². The van der Waals surface area contributed by atoms with Crippen LogP contribution in [-0.2, 0) is 24.3 Å². The van der Waals surface area contributed by atoms with E-state index in [0.29, 0.717) is 24.4 Å². The van der Waals surface area contributed by atoms with Gasteiger partial charge in [-0.2, -0.15) is 5.10 Å². The molecule has 2 aromatic carbocycles. The standard InChI is InChI=1S/C25H27N3O2/c1-2-28-23(14-20(26-28)13-18-9-5-3-6-10-18)24-21-15-27(16-22(21)24)25(29)30-17-19-11-7-4-8-12-19/h3-12,14,21-22,24H,2,13,15-17H2,1H3/t21-,22+,24?. The first-order valence-electron chi connectivity index (χ1n) is 10.8. The van der Waals surface area contributed by atoms with E-state index in [2.05, 4.69) is 41.9 Å². The highest BCUT2D eigenvalue weighted by Gasteiger charge is 2.58. The number of fused-ring (bicyclic) bond motifs is 1. The second kappa shape index (κ2) is 7.98. The number of carbonyl (C=O) groups excluding carboxylic acids is 1. The number of nitrogens with zero attached hydrogens (tertiary/aromatic N) is 3. The molecule has 1 aliphatic heterocycles. The van der Waals surface area contributed by atoms with Crippen molar-refractivity contribution < 1.29 is 9.53 Å². The number of carbonyl (C=O) groups is 1. The van der Waals surface area contributed by atoms with Crippen LogP contribution in [0.4, 0.5) is 4.79 Å². The van der Waals surface area contributed by atoms with Gasteiger partial charge in [0.25, 0.3) is 0 Å². The van der Waals surface area contributed by atoms with Gasteiger partial charge in [0.15, 0.2) is 0 Å². The molecule has 1 unspecified atom stereocenters. The third-order valence-electron chi connectivity index (χ3n) is 6.39. The highest BCUT2D eigenvalue weighted by atomic mass is 16.6. The fourth-order valence-corrected chi connectivity index (χ4v) is 4.82. The quantitative estimate of drug-likeness (QED) is 0.612. The minimum atomic E-state index is -0.196. The van der Waals surface area contributed by atoms with Gasteiger partial charge in [-0.25, -0.2) is 4.79 Å². The van der Waals surface area contributed by atoms with Gasteiger partial charge in [0, 0.05) is 37.7 Å². The minimum Gasteiger partial charge on any atom is -0.445 e. The van der Waals surface area contributed by atoms with E-state index >= 15 is 0 Å². The predicted octanol–water partition coefficient (Wildman–Crippen LogP) is 4.48. The van der Waals surface area contributed by atoms with Crippen molar-refractivity contribution in [3.05, 3.63) is 89.2 Å². The molecule has 0 spiro atoms. The summed E-state index contributed by atoms with van der Waals surface area (Å²) in [5, 5.41) is 4.84. The zero-order chi connectivity index (χ0) is 20.5. The lowest BCUT2D eigenvalue weighted by atomic mass is 10.1. The first-order chi connectivity index (χ1) is 14.7. The molecule has 154 valence electrons. The summed E-state index contributed by atoms with van der Waals surface area (Å²) in [7, 11) is 0.